The van der Waals surface area contributed by atoms with Crippen LogP contribution in [0.5, 0.6) is 0 Å². The van der Waals surface area contributed by atoms with E-state index in [-0.39, 0.29) is 22.5 Å². The first-order chi connectivity index (χ1) is 15.9. The van der Waals surface area contributed by atoms with Gasteiger partial charge in [-0.05, 0) is 17.7 Å². The fourth-order valence-electron chi connectivity index (χ4n) is 3.03. The molecule has 2 aromatic rings. The molecule has 0 saturated carbocycles. The Hall–Kier alpha value is -1.85. The number of aromatic nitrogens is 2. The third kappa shape index (κ3) is 4.91. The lowest BCUT2D eigenvalue weighted by Gasteiger charge is -2.38. The fraction of sp³-hybridized carbons (Fsp3) is 0.529. The van der Waals surface area contributed by atoms with Gasteiger partial charge in [0.2, 0.25) is 5.13 Å². The Kier molecular flexibility index (Phi) is 7.31. The highest BCUT2D eigenvalue weighted by Crippen LogP contribution is 2.55. The molecule has 0 N–H and O–H groups in total. The van der Waals surface area contributed by atoms with Crippen molar-refractivity contribution in [1.29, 1.82) is 0 Å². The highest BCUT2D eigenvalue weighted by molar-refractivity contribution is 7.90. The number of anilines is 1. The van der Waals surface area contributed by atoms with Gasteiger partial charge in [-0.25, -0.2) is 13.4 Å². The van der Waals surface area contributed by atoms with E-state index in [9.17, 15) is 47.9 Å². The van der Waals surface area contributed by atoms with Crippen molar-refractivity contribution in [2.24, 2.45) is 0 Å². The molecule has 1 aromatic carbocycles. The van der Waals surface area contributed by atoms with Gasteiger partial charge in [-0.15, -0.1) is 0 Å². The second kappa shape index (κ2) is 9.23. The van der Waals surface area contributed by atoms with Crippen LogP contribution in [0.2, 0.25) is 5.02 Å². The van der Waals surface area contributed by atoms with E-state index in [4.69, 9.17) is 11.6 Å². The van der Waals surface area contributed by atoms with Crippen LogP contribution in [0.15, 0.2) is 24.3 Å². The van der Waals surface area contributed by atoms with Crippen LogP contribution in [-0.2, 0) is 16.4 Å². The normalized spacial score (nSPS) is 17.1. The predicted molar refractivity (Wildman–Crippen MR) is 108 cm³/mol. The van der Waals surface area contributed by atoms with Gasteiger partial charge >= 0.3 is 23.3 Å². The molecule has 2 heterocycles. The zero-order valence-electron chi connectivity index (χ0n) is 17.0. The molecule has 18 heteroatoms. The van der Waals surface area contributed by atoms with Crippen LogP contribution in [0, 0.1) is 0 Å². The number of hydrogen-bond acceptors (Lipinski definition) is 6. The number of nitrogens with zero attached hydrogens (tertiary/aromatic N) is 4. The minimum absolute atomic E-state index is 0.242. The SMILES string of the molecule is O=S(=O)(N1CCN(c2nc(Cc3ccc(Cl)cc3)ns2)CC1)C(F)(F)C(F)(F)C(F)(F)C(F)(F)F. The standard InChI is InChI=1S/C17H14ClF9N4O2S2/c18-11-3-1-10(2-4-11)9-12-28-13(34-29-12)30-5-7-31(8-6-30)35(32,33)17(26,27)15(21,22)14(19,20)16(23,24)25/h1-4H,5-9H2. The number of piperazine rings is 1. The first-order valence-electron chi connectivity index (χ1n) is 9.43. The summed E-state index contributed by atoms with van der Waals surface area (Å²) >= 11 is 6.68. The molecule has 0 aliphatic carbocycles. The summed E-state index contributed by atoms with van der Waals surface area (Å²) in [6.45, 7) is -2.55. The molecule has 3 rings (SSSR count). The smallest absolute Gasteiger partial charge is 0.344 e. The maximum absolute atomic E-state index is 14.0. The Balaban J connectivity index is 1.71. The average molecular weight is 577 g/mol. The van der Waals surface area contributed by atoms with Gasteiger partial charge in [0, 0.05) is 49.2 Å². The summed E-state index contributed by atoms with van der Waals surface area (Å²) in [5.41, 5.74) is 0.813. The number of benzene rings is 1. The third-order valence-corrected chi connectivity index (χ3v) is 8.04. The first-order valence-corrected chi connectivity index (χ1v) is 12.0. The maximum Gasteiger partial charge on any atom is 0.460 e. The van der Waals surface area contributed by atoms with Gasteiger partial charge in [-0.3, -0.25) is 0 Å². The van der Waals surface area contributed by atoms with Crippen molar-refractivity contribution in [3.05, 3.63) is 40.7 Å². The molecule has 1 aliphatic rings. The van der Waals surface area contributed by atoms with E-state index in [1.165, 1.54) is 4.90 Å². The largest absolute Gasteiger partial charge is 0.460 e. The molecule has 1 aromatic heterocycles. The number of halogens is 10. The Labute approximate surface area is 201 Å². The Morgan fingerprint density at radius 1 is 0.886 bits per heavy atom. The van der Waals surface area contributed by atoms with E-state index < -0.39 is 46.4 Å². The molecule has 0 amide bonds. The van der Waals surface area contributed by atoms with E-state index in [1.54, 1.807) is 24.3 Å². The minimum Gasteiger partial charge on any atom is -0.344 e. The number of hydrogen-bond donors (Lipinski definition) is 0. The van der Waals surface area contributed by atoms with E-state index in [0.717, 1.165) is 17.1 Å². The Morgan fingerprint density at radius 3 is 1.94 bits per heavy atom. The number of sulfonamides is 1. The second-order valence-electron chi connectivity index (χ2n) is 7.35. The van der Waals surface area contributed by atoms with Gasteiger partial charge in [-0.1, -0.05) is 23.7 Å². The Morgan fingerprint density at radius 2 is 1.43 bits per heavy atom. The van der Waals surface area contributed by atoms with Crippen molar-refractivity contribution in [2.45, 2.75) is 29.7 Å². The van der Waals surface area contributed by atoms with E-state index in [0.29, 0.717) is 17.3 Å². The van der Waals surface area contributed by atoms with Crippen molar-refractivity contribution >= 4 is 38.3 Å². The lowest BCUT2D eigenvalue weighted by atomic mass is 10.1. The first kappa shape index (κ1) is 27.7. The van der Waals surface area contributed by atoms with Gasteiger partial charge in [0.15, 0.2) is 0 Å². The number of rotatable bonds is 7. The molecule has 35 heavy (non-hydrogen) atoms. The van der Waals surface area contributed by atoms with Crippen LogP contribution in [0.3, 0.4) is 0 Å². The van der Waals surface area contributed by atoms with Gasteiger partial charge in [0.05, 0.1) is 0 Å². The molecule has 6 nitrogen and oxygen atoms in total. The van der Waals surface area contributed by atoms with E-state index in [1.807, 2.05) is 0 Å². The lowest BCUT2D eigenvalue weighted by Crippen LogP contribution is -2.66. The van der Waals surface area contributed by atoms with E-state index >= 15 is 0 Å². The molecule has 1 fully saturated rings. The summed E-state index contributed by atoms with van der Waals surface area (Å²) in [7, 11) is -6.61. The number of alkyl halides is 9. The molecule has 0 spiro atoms. The average Bonchev–Trinajstić information content (AvgIpc) is 3.22. The molecular weight excluding hydrogens is 563 g/mol. The molecular formula is C17H14ClF9N4O2S2. The van der Waals surface area contributed by atoms with Gasteiger partial charge in [0.1, 0.15) is 5.82 Å². The summed E-state index contributed by atoms with van der Waals surface area (Å²) in [4.78, 5) is 5.61. The van der Waals surface area contributed by atoms with Crippen molar-refractivity contribution in [3.8, 4) is 0 Å². The van der Waals surface area contributed by atoms with Crippen molar-refractivity contribution in [2.75, 3.05) is 31.1 Å². The molecule has 0 radical (unpaired) electrons. The maximum atomic E-state index is 14.0. The predicted octanol–water partition coefficient (Wildman–Crippen LogP) is 4.66. The minimum atomic E-state index is -7.30. The summed E-state index contributed by atoms with van der Waals surface area (Å²) in [5, 5.41) is -5.99. The van der Waals surface area contributed by atoms with Gasteiger partial charge in [0.25, 0.3) is 10.0 Å². The lowest BCUT2D eigenvalue weighted by molar-refractivity contribution is -0.382. The van der Waals surface area contributed by atoms with Crippen LogP contribution in [0.1, 0.15) is 11.4 Å². The summed E-state index contributed by atoms with van der Waals surface area (Å²) < 4.78 is 146. The fourth-order valence-corrected chi connectivity index (χ4v) is 5.32. The molecule has 0 unspecified atom stereocenters. The molecule has 1 aliphatic heterocycles. The summed E-state index contributed by atoms with van der Waals surface area (Å²) in [5.74, 6) is -14.2. The van der Waals surface area contributed by atoms with E-state index in [2.05, 4.69) is 9.36 Å². The van der Waals surface area contributed by atoms with Crippen LogP contribution >= 0.6 is 23.1 Å². The summed E-state index contributed by atoms with van der Waals surface area (Å²) in [6.07, 6.45) is -6.81. The molecule has 1 saturated heterocycles. The van der Waals surface area contributed by atoms with Crippen molar-refractivity contribution < 1.29 is 47.9 Å². The van der Waals surface area contributed by atoms with Crippen LogP contribution in [0.4, 0.5) is 44.6 Å². The molecule has 196 valence electrons. The Bertz CT molecular complexity index is 1150. The second-order valence-corrected chi connectivity index (χ2v) is 10.5. The van der Waals surface area contributed by atoms with Crippen LogP contribution in [-0.4, -0.2) is 71.5 Å². The highest BCUT2D eigenvalue weighted by atomic mass is 35.5. The van der Waals surface area contributed by atoms with Crippen LogP contribution < -0.4 is 4.90 Å². The van der Waals surface area contributed by atoms with Gasteiger partial charge in [-0.2, -0.15) is 48.2 Å². The highest BCUT2D eigenvalue weighted by Gasteiger charge is 2.85. The quantitative estimate of drug-likeness (QED) is 0.449. The molecule has 0 bridgehead atoms. The zero-order chi connectivity index (χ0) is 26.4. The summed E-state index contributed by atoms with van der Waals surface area (Å²) in [6, 6.07) is 6.75. The van der Waals surface area contributed by atoms with Gasteiger partial charge < -0.3 is 4.90 Å². The topological polar surface area (TPSA) is 66.4 Å². The van der Waals surface area contributed by atoms with Crippen molar-refractivity contribution in [3.63, 3.8) is 0 Å². The third-order valence-electron chi connectivity index (χ3n) is 5.02. The van der Waals surface area contributed by atoms with Crippen LogP contribution in [0.25, 0.3) is 0 Å². The van der Waals surface area contributed by atoms with Crippen molar-refractivity contribution in [1.82, 2.24) is 13.7 Å². The zero-order valence-corrected chi connectivity index (χ0v) is 19.4. The molecule has 0 atom stereocenters. The monoisotopic (exact) mass is 576 g/mol.